The highest BCUT2D eigenvalue weighted by Gasteiger charge is 2.26. The van der Waals surface area contributed by atoms with E-state index in [1.54, 1.807) is 6.07 Å². The smallest absolute Gasteiger partial charge is 0.227 e. The summed E-state index contributed by atoms with van der Waals surface area (Å²) in [5.41, 5.74) is 12.6. The van der Waals surface area contributed by atoms with Gasteiger partial charge < -0.3 is 16.8 Å². The summed E-state index contributed by atoms with van der Waals surface area (Å²) in [5.74, 6) is -0.497. The van der Waals surface area contributed by atoms with Crippen molar-refractivity contribution >= 4 is 17.5 Å². The minimum Gasteiger partial charge on any atom is -0.399 e. The molecule has 1 saturated carbocycles. The second-order valence-corrected chi connectivity index (χ2v) is 5.85. The van der Waals surface area contributed by atoms with Gasteiger partial charge in [-0.1, -0.05) is 12.1 Å². The number of carbonyl (C=O) groups is 2. The zero-order valence-electron chi connectivity index (χ0n) is 12.3. The molecule has 5 heteroatoms. The third-order valence-electron chi connectivity index (χ3n) is 4.28. The van der Waals surface area contributed by atoms with Crippen molar-refractivity contribution in [2.45, 2.75) is 44.6 Å². The lowest BCUT2D eigenvalue weighted by atomic mass is 9.85. The summed E-state index contributed by atoms with van der Waals surface area (Å²) in [5, 5.41) is 3.06. The fourth-order valence-corrected chi connectivity index (χ4v) is 2.83. The lowest BCUT2D eigenvalue weighted by Crippen LogP contribution is -2.41. The van der Waals surface area contributed by atoms with Gasteiger partial charge in [0, 0.05) is 17.6 Å². The maximum Gasteiger partial charge on any atom is 0.227 e. The summed E-state index contributed by atoms with van der Waals surface area (Å²) in [6.45, 7) is 1.87. The SMILES string of the molecule is CC(C(=O)NC1CCC(C(N)=O)CC1)c1cccc(N)c1. The Balaban J connectivity index is 1.89. The minimum atomic E-state index is -0.234. The number of hydrogen-bond acceptors (Lipinski definition) is 3. The van der Waals surface area contributed by atoms with E-state index in [1.807, 2.05) is 25.1 Å². The molecule has 0 aromatic heterocycles. The Kier molecular flexibility index (Phi) is 4.83. The van der Waals surface area contributed by atoms with Crippen molar-refractivity contribution in [3.63, 3.8) is 0 Å². The van der Waals surface area contributed by atoms with E-state index in [1.165, 1.54) is 0 Å². The van der Waals surface area contributed by atoms with E-state index >= 15 is 0 Å². The first-order chi connectivity index (χ1) is 9.97. The minimum absolute atomic E-state index is 0.00289. The van der Waals surface area contributed by atoms with E-state index in [2.05, 4.69) is 5.32 Å². The molecule has 1 aromatic carbocycles. The van der Waals surface area contributed by atoms with Crippen LogP contribution in [0.25, 0.3) is 0 Å². The molecule has 0 heterocycles. The average molecular weight is 289 g/mol. The van der Waals surface area contributed by atoms with Gasteiger partial charge >= 0.3 is 0 Å². The van der Waals surface area contributed by atoms with Gasteiger partial charge in [-0.05, 0) is 50.3 Å². The van der Waals surface area contributed by atoms with Crippen LogP contribution in [0.3, 0.4) is 0 Å². The number of carbonyl (C=O) groups excluding carboxylic acids is 2. The van der Waals surface area contributed by atoms with Crippen LogP contribution in [0.15, 0.2) is 24.3 Å². The molecule has 0 bridgehead atoms. The highest BCUT2D eigenvalue weighted by atomic mass is 16.2. The van der Waals surface area contributed by atoms with Gasteiger partial charge in [-0.3, -0.25) is 9.59 Å². The van der Waals surface area contributed by atoms with Gasteiger partial charge in [0.15, 0.2) is 0 Å². The third kappa shape index (κ3) is 3.97. The number of benzene rings is 1. The average Bonchev–Trinajstić information content (AvgIpc) is 2.47. The molecule has 1 aliphatic rings. The number of hydrogen-bond donors (Lipinski definition) is 3. The van der Waals surface area contributed by atoms with E-state index in [0.717, 1.165) is 31.2 Å². The molecule has 0 spiro atoms. The van der Waals surface area contributed by atoms with Gasteiger partial charge in [-0.2, -0.15) is 0 Å². The first kappa shape index (κ1) is 15.4. The number of amides is 2. The Labute approximate surface area is 125 Å². The lowest BCUT2D eigenvalue weighted by Gasteiger charge is -2.28. The summed E-state index contributed by atoms with van der Waals surface area (Å²) in [6, 6.07) is 7.53. The summed E-state index contributed by atoms with van der Waals surface area (Å²) < 4.78 is 0. The topological polar surface area (TPSA) is 98.2 Å². The van der Waals surface area contributed by atoms with Crippen molar-refractivity contribution < 1.29 is 9.59 Å². The Hall–Kier alpha value is -2.04. The molecule has 114 valence electrons. The van der Waals surface area contributed by atoms with Crippen molar-refractivity contribution in [3.8, 4) is 0 Å². The molecular weight excluding hydrogens is 266 g/mol. The van der Waals surface area contributed by atoms with Gasteiger partial charge in [0.25, 0.3) is 0 Å². The van der Waals surface area contributed by atoms with Crippen LogP contribution in [0.5, 0.6) is 0 Å². The Morgan fingerprint density at radius 2 is 1.90 bits per heavy atom. The summed E-state index contributed by atoms with van der Waals surface area (Å²) in [6.07, 6.45) is 3.13. The van der Waals surface area contributed by atoms with Crippen LogP contribution in [0.4, 0.5) is 5.69 Å². The third-order valence-corrected chi connectivity index (χ3v) is 4.28. The van der Waals surface area contributed by atoms with Gasteiger partial charge in [0.2, 0.25) is 11.8 Å². The van der Waals surface area contributed by atoms with Crippen molar-refractivity contribution in [3.05, 3.63) is 29.8 Å². The van der Waals surface area contributed by atoms with Crippen LogP contribution in [0.2, 0.25) is 0 Å². The molecule has 5 N–H and O–H groups in total. The Morgan fingerprint density at radius 1 is 1.24 bits per heavy atom. The molecule has 1 aliphatic carbocycles. The molecule has 5 nitrogen and oxygen atoms in total. The number of rotatable bonds is 4. The standard InChI is InChI=1S/C16H23N3O2/c1-10(12-3-2-4-13(17)9-12)16(21)19-14-7-5-11(6-8-14)15(18)20/h2-4,9-11,14H,5-8,17H2,1H3,(H2,18,20)(H,19,21). The second kappa shape index (κ2) is 6.61. The fourth-order valence-electron chi connectivity index (χ4n) is 2.83. The van der Waals surface area contributed by atoms with Crippen LogP contribution in [-0.4, -0.2) is 17.9 Å². The van der Waals surface area contributed by atoms with Crippen LogP contribution < -0.4 is 16.8 Å². The highest BCUT2D eigenvalue weighted by molar-refractivity contribution is 5.83. The summed E-state index contributed by atoms with van der Waals surface area (Å²) >= 11 is 0. The molecule has 1 aromatic rings. The van der Waals surface area contributed by atoms with Gasteiger partial charge in [0.05, 0.1) is 5.92 Å². The first-order valence-corrected chi connectivity index (χ1v) is 7.42. The van der Waals surface area contributed by atoms with Gasteiger partial charge in [-0.15, -0.1) is 0 Å². The summed E-state index contributed by atoms with van der Waals surface area (Å²) in [7, 11) is 0. The maximum atomic E-state index is 12.3. The van der Waals surface area contributed by atoms with E-state index in [4.69, 9.17) is 11.5 Å². The zero-order valence-corrected chi connectivity index (χ0v) is 12.3. The molecule has 1 fully saturated rings. The molecule has 0 saturated heterocycles. The van der Waals surface area contributed by atoms with Gasteiger partial charge in [-0.25, -0.2) is 0 Å². The van der Waals surface area contributed by atoms with Crippen LogP contribution in [-0.2, 0) is 9.59 Å². The first-order valence-electron chi connectivity index (χ1n) is 7.42. The molecule has 21 heavy (non-hydrogen) atoms. The molecule has 1 atom stereocenters. The predicted octanol–water partition coefficient (Wildman–Crippen LogP) is 1.53. The number of primary amides is 1. The van der Waals surface area contributed by atoms with Crippen LogP contribution >= 0.6 is 0 Å². The lowest BCUT2D eigenvalue weighted by molar-refractivity contribution is -0.123. The summed E-state index contributed by atoms with van der Waals surface area (Å²) in [4.78, 5) is 23.4. The van der Waals surface area contributed by atoms with Gasteiger partial charge in [0.1, 0.15) is 0 Å². The molecule has 2 rings (SSSR count). The molecule has 1 unspecified atom stereocenters. The molecule has 0 aliphatic heterocycles. The fraction of sp³-hybridized carbons (Fsp3) is 0.500. The highest BCUT2D eigenvalue weighted by Crippen LogP contribution is 2.25. The van der Waals surface area contributed by atoms with Crippen LogP contribution in [0, 0.1) is 5.92 Å². The molecule has 0 radical (unpaired) electrons. The van der Waals surface area contributed by atoms with E-state index < -0.39 is 0 Å². The van der Waals surface area contributed by atoms with Crippen molar-refractivity contribution in [1.29, 1.82) is 0 Å². The van der Waals surface area contributed by atoms with E-state index in [0.29, 0.717) is 5.69 Å². The normalized spacial score (nSPS) is 23.3. The van der Waals surface area contributed by atoms with Crippen molar-refractivity contribution in [2.75, 3.05) is 5.73 Å². The maximum absolute atomic E-state index is 12.3. The monoisotopic (exact) mass is 289 g/mol. The Bertz CT molecular complexity index is 522. The number of nitrogens with one attached hydrogen (secondary N) is 1. The second-order valence-electron chi connectivity index (χ2n) is 5.85. The number of anilines is 1. The Morgan fingerprint density at radius 3 is 2.48 bits per heavy atom. The molecule has 2 amide bonds. The quantitative estimate of drug-likeness (QED) is 0.733. The predicted molar refractivity (Wildman–Crippen MR) is 82.4 cm³/mol. The van der Waals surface area contributed by atoms with Crippen molar-refractivity contribution in [2.24, 2.45) is 11.7 Å². The number of nitrogens with two attached hydrogens (primary N) is 2. The van der Waals surface area contributed by atoms with E-state index in [9.17, 15) is 9.59 Å². The molecular formula is C16H23N3O2. The largest absolute Gasteiger partial charge is 0.399 e. The van der Waals surface area contributed by atoms with E-state index in [-0.39, 0.29) is 29.7 Å². The number of nitrogen functional groups attached to an aromatic ring is 1. The van der Waals surface area contributed by atoms with Crippen molar-refractivity contribution in [1.82, 2.24) is 5.32 Å². The van der Waals surface area contributed by atoms with Crippen LogP contribution in [0.1, 0.15) is 44.1 Å². The zero-order chi connectivity index (χ0) is 15.4.